The fourth-order valence-electron chi connectivity index (χ4n) is 2.70. The third-order valence-electron chi connectivity index (χ3n) is 4.04. The molecule has 0 unspecified atom stereocenters. The lowest BCUT2D eigenvalue weighted by Crippen LogP contribution is -2.21. The number of nitrogens with one attached hydrogen (secondary N) is 1. The summed E-state index contributed by atoms with van der Waals surface area (Å²) >= 11 is 0. The molecule has 0 saturated heterocycles. The molecule has 1 amide bonds. The Balaban J connectivity index is 1.56. The second-order valence-corrected chi connectivity index (χ2v) is 5.91. The van der Waals surface area contributed by atoms with Gasteiger partial charge in [0.2, 0.25) is 5.88 Å². The predicted molar refractivity (Wildman–Crippen MR) is 100 cm³/mol. The van der Waals surface area contributed by atoms with Crippen molar-refractivity contribution in [2.24, 2.45) is 0 Å². The molecule has 0 bridgehead atoms. The lowest BCUT2D eigenvalue weighted by atomic mass is 10.1. The van der Waals surface area contributed by atoms with E-state index in [2.05, 4.69) is 20.4 Å². The average molecular weight is 360 g/mol. The molecular weight excluding hydrogens is 344 g/mol. The number of fused-ring (bicyclic) bond motifs is 1. The fraction of sp³-hybridized carbons (Fsp3) is 0.100. The van der Waals surface area contributed by atoms with Crippen LogP contribution in [0, 0.1) is 6.92 Å². The zero-order valence-electron chi connectivity index (χ0n) is 14.5. The molecule has 2 aromatic carbocycles. The van der Waals surface area contributed by atoms with E-state index in [9.17, 15) is 4.79 Å². The van der Waals surface area contributed by atoms with Crippen LogP contribution < -0.4 is 10.1 Å². The van der Waals surface area contributed by atoms with Gasteiger partial charge in [-0.1, -0.05) is 53.7 Å². The summed E-state index contributed by atoms with van der Waals surface area (Å²) in [6.07, 6.45) is 1.32. The number of ether oxygens (including phenoxy) is 1. The van der Waals surface area contributed by atoms with Gasteiger partial charge in [0.25, 0.3) is 11.6 Å². The Labute approximate surface area is 155 Å². The molecule has 134 valence electrons. The molecule has 27 heavy (non-hydrogen) atoms. The first-order chi connectivity index (χ1) is 13.2. The smallest absolute Gasteiger partial charge is 0.265 e. The molecular formula is C20H16N4O3. The largest absolute Gasteiger partial charge is 0.467 e. The van der Waals surface area contributed by atoms with Gasteiger partial charge in [-0.2, -0.15) is 4.98 Å². The van der Waals surface area contributed by atoms with Crippen molar-refractivity contribution in [2.45, 2.75) is 6.92 Å². The van der Waals surface area contributed by atoms with Crippen molar-refractivity contribution in [1.29, 1.82) is 0 Å². The summed E-state index contributed by atoms with van der Waals surface area (Å²) in [6.45, 7) is 1.73. The van der Waals surface area contributed by atoms with Crippen LogP contribution in [0.1, 0.15) is 5.56 Å². The molecule has 1 N–H and O–H groups in total. The molecule has 0 saturated carbocycles. The number of hydrogen-bond donors (Lipinski definition) is 1. The van der Waals surface area contributed by atoms with Crippen LogP contribution in [0.4, 0.5) is 5.69 Å². The standard InChI is InChI=1S/C20H16N4O3/c1-13-7-5-6-10-15(13)23-16(25)11-26-19-17-18(14-8-3-2-4-9-14)24-27-20(17)22-12-21-19/h2-10,12H,11H2,1H3,(H,23,25). The fourth-order valence-corrected chi connectivity index (χ4v) is 2.70. The number of rotatable bonds is 5. The van der Waals surface area contributed by atoms with Crippen LogP contribution in [-0.4, -0.2) is 27.6 Å². The second-order valence-electron chi connectivity index (χ2n) is 5.91. The highest BCUT2D eigenvalue weighted by Gasteiger charge is 2.18. The number of aryl methyl sites for hydroxylation is 1. The number of anilines is 1. The quantitative estimate of drug-likeness (QED) is 0.585. The average Bonchev–Trinajstić information content (AvgIpc) is 3.14. The zero-order chi connectivity index (χ0) is 18.6. The normalized spacial score (nSPS) is 10.7. The summed E-state index contributed by atoms with van der Waals surface area (Å²) in [6, 6.07) is 17.0. The Morgan fingerprint density at radius 2 is 1.85 bits per heavy atom. The lowest BCUT2D eigenvalue weighted by Gasteiger charge is -2.09. The van der Waals surface area contributed by atoms with Crippen molar-refractivity contribution in [1.82, 2.24) is 15.1 Å². The minimum absolute atomic E-state index is 0.195. The van der Waals surface area contributed by atoms with Crippen molar-refractivity contribution in [3.05, 3.63) is 66.5 Å². The van der Waals surface area contributed by atoms with Gasteiger partial charge in [-0.25, -0.2) is 4.98 Å². The summed E-state index contributed by atoms with van der Waals surface area (Å²) in [7, 11) is 0. The minimum Gasteiger partial charge on any atom is -0.467 e. The topological polar surface area (TPSA) is 90.1 Å². The van der Waals surface area contributed by atoms with Crippen molar-refractivity contribution in [3.8, 4) is 17.1 Å². The van der Waals surface area contributed by atoms with Crippen LogP contribution in [0.25, 0.3) is 22.4 Å². The Kier molecular flexibility index (Phi) is 4.49. The molecule has 0 atom stereocenters. The molecule has 4 rings (SSSR count). The van der Waals surface area contributed by atoms with E-state index in [0.29, 0.717) is 16.8 Å². The molecule has 7 nitrogen and oxygen atoms in total. The SMILES string of the molecule is Cc1ccccc1NC(=O)COc1ncnc2onc(-c3ccccc3)c12. The summed E-state index contributed by atoms with van der Waals surface area (Å²) < 4.78 is 10.9. The maximum Gasteiger partial charge on any atom is 0.265 e. The first-order valence-electron chi connectivity index (χ1n) is 8.36. The van der Waals surface area contributed by atoms with Crippen LogP contribution >= 0.6 is 0 Å². The Hall–Kier alpha value is -3.74. The Morgan fingerprint density at radius 3 is 2.67 bits per heavy atom. The number of aromatic nitrogens is 3. The summed E-state index contributed by atoms with van der Waals surface area (Å²) in [4.78, 5) is 20.5. The van der Waals surface area contributed by atoms with E-state index >= 15 is 0 Å². The van der Waals surface area contributed by atoms with Crippen LogP contribution in [0.15, 0.2) is 65.4 Å². The van der Waals surface area contributed by atoms with E-state index in [4.69, 9.17) is 9.26 Å². The minimum atomic E-state index is -0.284. The van der Waals surface area contributed by atoms with E-state index in [1.807, 2.05) is 61.5 Å². The third-order valence-corrected chi connectivity index (χ3v) is 4.04. The molecule has 0 aliphatic rings. The van der Waals surface area contributed by atoms with Gasteiger partial charge in [0, 0.05) is 11.3 Å². The molecule has 0 radical (unpaired) electrons. The van der Waals surface area contributed by atoms with Crippen molar-refractivity contribution in [3.63, 3.8) is 0 Å². The predicted octanol–water partition coefficient (Wildman–Crippen LogP) is 3.61. The third kappa shape index (κ3) is 3.48. The number of benzene rings is 2. The van der Waals surface area contributed by atoms with Gasteiger partial charge in [0.15, 0.2) is 6.61 Å². The van der Waals surface area contributed by atoms with Gasteiger partial charge in [-0.05, 0) is 18.6 Å². The molecule has 7 heteroatoms. The van der Waals surface area contributed by atoms with Crippen LogP contribution in [0.5, 0.6) is 5.88 Å². The number of amides is 1. The van der Waals surface area contributed by atoms with Crippen molar-refractivity contribution >= 4 is 22.7 Å². The lowest BCUT2D eigenvalue weighted by molar-refractivity contribution is -0.118. The van der Waals surface area contributed by atoms with Crippen molar-refractivity contribution in [2.75, 3.05) is 11.9 Å². The number of hydrogen-bond acceptors (Lipinski definition) is 6. The molecule has 0 aliphatic carbocycles. The second kappa shape index (κ2) is 7.25. The van der Waals surface area contributed by atoms with E-state index in [1.165, 1.54) is 6.33 Å². The molecule has 0 aliphatic heterocycles. The number of nitrogens with zero attached hydrogens (tertiary/aromatic N) is 3. The highest BCUT2D eigenvalue weighted by atomic mass is 16.5. The van der Waals surface area contributed by atoms with E-state index in [1.54, 1.807) is 0 Å². The highest BCUT2D eigenvalue weighted by Crippen LogP contribution is 2.32. The van der Waals surface area contributed by atoms with E-state index < -0.39 is 0 Å². The Morgan fingerprint density at radius 1 is 1.07 bits per heavy atom. The first kappa shape index (κ1) is 16.7. The molecule has 2 heterocycles. The zero-order valence-corrected chi connectivity index (χ0v) is 14.5. The highest BCUT2D eigenvalue weighted by molar-refractivity contribution is 5.95. The Bertz CT molecular complexity index is 1090. The molecule has 0 fully saturated rings. The van der Waals surface area contributed by atoms with Gasteiger partial charge in [-0.3, -0.25) is 4.79 Å². The maximum absolute atomic E-state index is 12.2. The number of para-hydroxylation sites is 1. The van der Waals surface area contributed by atoms with Gasteiger partial charge in [-0.15, -0.1) is 0 Å². The molecule has 0 spiro atoms. The van der Waals surface area contributed by atoms with Gasteiger partial charge < -0.3 is 14.6 Å². The molecule has 4 aromatic rings. The first-order valence-corrected chi connectivity index (χ1v) is 8.36. The monoisotopic (exact) mass is 360 g/mol. The van der Waals surface area contributed by atoms with Crippen molar-refractivity contribution < 1.29 is 14.1 Å². The van der Waals surface area contributed by atoms with E-state index in [0.717, 1.165) is 16.8 Å². The van der Waals surface area contributed by atoms with Gasteiger partial charge >= 0.3 is 0 Å². The van der Waals surface area contributed by atoms with Gasteiger partial charge in [0.05, 0.1) is 0 Å². The summed E-state index contributed by atoms with van der Waals surface area (Å²) in [5.41, 5.74) is 3.44. The van der Waals surface area contributed by atoms with Crippen LogP contribution in [0.2, 0.25) is 0 Å². The van der Waals surface area contributed by atoms with E-state index in [-0.39, 0.29) is 18.4 Å². The van der Waals surface area contributed by atoms with Crippen LogP contribution in [-0.2, 0) is 4.79 Å². The van der Waals surface area contributed by atoms with Gasteiger partial charge in [0.1, 0.15) is 17.4 Å². The number of carbonyl (C=O) groups excluding carboxylic acids is 1. The van der Waals surface area contributed by atoms with Crippen LogP contribution in [0.3, 0.4) is 0 Å². The molecule has 2 aromatic heterocycles. The maximum atomic E-state index is 12.2. The number of carbonyl (C=O) groups is 1. The summed E-state index contributed by atoms with van der Waals surface area (Å²) in [5, 5.41) is 7.43. The summed E-state index contributed by atoms with van der Waals surface area (Å²) in [5.74, 6) is -0.0335.